The number of rotatable bonds is 3. The van der Waals surface area contributed by atoms with Gasteiger partial charge in [-0.3, -0.25) is 9.11 Å². The van der Waals surface area contributed by atoms with Gasteiger partial charge in [0.15, 0.2) is 5.15 Å². The van der Waals surface area contributed by atoms with Crippen molar-refractivity contribution >= 4 is 38.3 Å². The third kappa shape index (κ3) is 4.60. The van der Waals surface area contributed by atoms with Crippen LogP contribution in [-0.4, -0.2) is 26.8 Å². The molecule has 0 atom stereocenters. The van der Waals surface area contributed by atoms with Crippen LogP contribution in [0.15, 0.2) is 21.6 Å². The van der Waals surface area contributed by atoms with E-state index in [-0.39, 0.29) is 10.0 Å². The lowest BCUT2D eigenvalue weighted by atomic mass is 10.5. The average Bonchev–Trinajstić information content (AvgIpc) is 2.18. The molecule has 0 radical (unpaired) electrons. The van der Waals surface area contributed by atoms with Crippen molar-refractivity contribution in [2.24, 2.45) is 0 Å². The van der Waals surface area contributed by atoms with Gasteiger partial charge in [-0.15, -0.1) is 10.8 Å². The molecule has 10 heteroatoms. The SMILES string of the molecule is OS(O)(NCC(F)(F)F)c1cc(Br)cnc1Cl. The Morgan fingerprint density at radius 1 is 1.47 bits per heavy atom. The Balaban J connectivity index is 2.92. The lowest BCUT2D eigenvalue weighted by Gasteiger charge is -2.33. The van der Waals surface area contributed by atoms with Crippen molar-refractivity contribution in [1.82, 2.24) is 9.71 Å². The average molecular weight is 356 g/mol. The largest absolute Gasteiger partial charge is 0.402 e. The zero-order valence-corrected chi connectivity index (χ0v) is 11.2. The van der Waals surface area contributed by atoms with Crippen LogP contribution in [0.2, 0.25) is 5.15 Å². The van der Waals surface area contributed by atoms with E-state index >= 15 is 0 Å². The first-order valence-corrected chi connectivity index (χ1v) is 6.74. The number of nitrogens with one attached hydrogen (secondary N) is 1. The normalized spacial score (nSPS) is 13.8. The van der Waals surface area contributed by atoms with E-state index in [9.17, 15) is 22.3 Å². The highest BCUT2D eigenvalue weighted by Crippen LogP contribution is 2.48. The van der Waals surface area contributed by atoms with Gasteiger partial charge in [-0.1, -0.05) is 11.6 Å². The maximum Gasteiger partial charge on any atom is 0.402 e. The number of nitrogens with zero attached hydrogens (tertiary/aromatic N) is 1. The topological polar surface area (TPSA) is 65.4 Å². The van der Waals surface area contributed by atoms with Gasteiger partial charge in [0.1, 0.15) is 11.4 Å². The molecule has 1 aromatic rings. The predicted octanol–water partition coefficient (Wildman–Crippen LogP) is 3.67. The van der Waals surface area contributed by atoms with E-state index in [4.69, 9.17) is 11.6 Å². The van der Waals surface area contributed by atoms with Gasteiger partial charge in [0.25, 0.3) is 0 Å². The van der Waals surface area contributed by atoms with Crippen LogP contribution in [0.25, 0.3) is 0 Å². The summed E-state index contributed by atoms with van der Waals surface area (Å²) in [6.45, 7) is -1.54. The van der Waals surface area contributed by atoms with E-state index in [1.54, 1.807) is 4.72 Å². The molecule has 3 N–H and O–H groups in total. The number of hydrogen-bond donors (Lipinski definition) is 3. The maximum absolute atomic E-state index is 12.0. The summed E-state index contributed by atoms with van der Waals surface area (Å²) in [5, 5.41) is -0.275. The van der Waals surface area contributed by atoms with Crippen molar-refractivity contribution in [3.63, 3.8) is 0 Å². The highest BCUT2D eigenvalue weighted by Gasteiger charge is 2.31. The van der Waals surface area contributed by atoms with Crippen LogP contribution in [0.3, 0.4) is 0 Å². The summed E-state index contributed by atoms with van der Waals surface area (Å²) in [7, 11) is -3.84. The van der Waals surface area contributed by atoms with Gasteiger partial charge in [-0.25, -0.2) is 9.71 Å². The van der Waals surface area contributed by atoms with Gasteiger partial charge in [0.2, 0.25) is 0 Å². The third-order valence-electron chi connectivity index (χ3n) is 1.55. The van der Waals surface area contributed by atoms with Gasteiger partial charge in [-0.05, 0) is 22.0 Å². The van der Waals surface area contributed by atoms with E-state index in [0.717, 1.165) is 0 Å². The highest BCUT2D eigenvalue weighted by molar-refractivity contribution is 9.10. The molecular weight excluding hydrogens is 349 g/mol. The second kappa shape index (κ2) is 5.29. The van der Waals surface area contributed by atoms with Gasteiger partial charge < -0.3 is 0 Å². The van der Waals surface area contributed by atoms with Crippen LogP contribution < -0.4 is 4.72 Å². The third-order valence-corrected chi connectivity index (χ3v) is 3.87. The standard InChI is InChI=1S/C7H7BrClF3N2O2S/c8-4-1-5(6(9)13-2-4)17(15,16)14-3-7(10,11)12/h1-2,14-16H,3H2. The molecule has 0 aliphatic carbocycles. The fourth-order valence-corrected chi connectivity index (χ4v) is 2.87. The Morgan fingerprint density at radius 2 is 2.06 bits per heavy atom. The Labute approximate surface area is 110 Å². The first kappa shape index (κ1) is 15.0. The lowest BCUT2D eigenvalue weighted by molar-refractivity contribution is -0.121. The van der Waals surface area contributed by atoms with Crippen LogP contribution in [0.4, 0.5) is 13.2 Å². The zero-order chi connectivity index (χ0) is 13.3. The lowest BCUT2D eigenvalue weighted by Crippen LogP contribution is -2.31. The Bertz CT molecular complexity index is 419. The molecule has 0 unspecified atom stereocenters. The maximum atomic E-state index is 12.0. The second-order valence-electron chi connectivity index (χ2n) is 2.93. The Hall–Kier alpha value is -0.0600. The van der Waals surface area contributed by atoms with E-state index in [1.807, 2.05) is 0 Å². The van der Waals surface area contributed by atoms with Gasteiger partial charge >= 0.3 is 6.18 Å². The molecule has 0 bridgehead atoms. The van der Waals surface area contributed by atoms with Crippen molar-refractivity contribution in [2.75, 3.05) is 6.54 Å². The molecule has 0 aliphatic heterocycles. The molecular formula is C7H7BrClF3N2O2S. The van der Waals surface area contributed by atoms with Crippen LogP contribution in [-0.2, 0) is 0 Å². The molecule has 1 aromatic heterocycles. The van der Waals surface area contributed by atoms with Crippen molar-refractivity contribution in [3.05, 3.63) is 21.9 Å². The quantitative estimate of drug-likeness (QED) is 0.724. The van der Waals surface area contributed by atoms with Gasteiger partial charge in [-0.2, -0.15) is 13.2 Å². The molecule has 0 saturated heterocycles. The van der Waals surface area contributed by atoms with Gasteiger partial charge in [0, 0.05) is 10.7 Å². The molecule has 0 aliphatic rings. The van der Waals surface area contributed by atoms with E-state index in [0.29, 0.717) is 4.47 Å². The molecule has 0 fully saturated rings. The summed E-state index contributed by atoms with van der Waals surface area (Å²) in [6, 6.07) is 1.19. The summed E-state index contributed by atoms with van der Waals surface area (Å²) < 4.78 is 56.9. The summed E-state index contributed by atoms with van der Waals surface area (Å²) in [5.74, 6) is 0. The summed E-state index contributed by atoms with van der Waals surface area (Å²) >= 11 is 8.58. The molecule has 0 amide bonds. The Kier molecular flexibility index (Phi) is 4.67. The predicted molar refractivity (Wildman–Crippen MR) is 62.1 cm³/mol. The second-order valence-corrected chi connectivity index (χ2v) is 6.03. The number of alkyl halides is 3. The Morgan fingerprint density at radius 3 is 2.59 bits per heavy atom. The van der Waals surface area contributed by atoms with Crippen molar-refractivity contribution in [1.29, 1.82) is 0 Å². The van der Waals surface area contributed by atoms with Crippen LogP contribution in [0.1, 0.15) is 0 Å². The highest BCUT2D eigenvalue weighted by atomic mass is 79.9. The first-order valence-electron chi connectivity index (χ1n) is 4.02. The molecule has 0 spiro atoms. The number of hydrogen-bond acceptors (Lipinski definition) is 4. The number of aromatic nitrogens is 1. The number of pyridine rings is 1. The molecule has 4 nitrogen and oxygen atoms in total. The number of halogens is 5. The van der Waals surface area contributed by atoms with Crippen LogP contribution in [0.5, 0.6) is 0 Å². The summed E-state index contributed by atoms with van der Waals surface area (Å²) in [4.78, 5) is 3.29. The molecule has 1 heterocycles. The van der Waals surface area contributed by atoms with E-state index in [1.165, 1.54) is 12.3 Å². The molecule has 17 heavy (non-hydrogen) atoms. The zero-order valence-electron chi connectivity index (χ0n) is 8.00. The van der Waals surface area contributed by atoms with E-state index in [2.05, 4.69) is 20.9 Å². The fourth-order valence-electron chi connectivity index (χ4n) is 0.864. The van der Waals surface area contributed by atoms with Gasteiger partial charge in [0.05, 0.1) is 0 Å². The molecule has 0 saturated carbocycles. The minimum absolute atomic E-state index is 0.275. The first-order chi connectivity index (χ1) is 7.62. The van der Waals surface area contributed by atoms with Crippen molar-refractivity contribution < 1.29 is 22.3 Å². The fraction of sp³-hybridized carbons (Fsp3) is 0.286. The molecule has 0 aromatic carbocycles. The minimum atomic E-state index is -4.56. The minimum Gasteiger partial charge on any atom is -0.281 e. The smallest absolute Gasteiger partial charge is 0.281 e. The monoisotopic (exact) mass is 354 g/mol. The van der Waals surface area contributed by atoms with Crippen molar-refractivity contribution in [3.8, 4) is 0 Å². The summed E-state index contributed by atoms with van der Waals surface area (Å²) in [6.07, 6.45) is -3.28. The molecule has 1 rings (SSSR count). The van der Waals surface area contributed by atoms with Crippen molar-refractivity contribution in [2.45, 2.75) is 11.1 Å². The van der Waals surface area contributed by atoms with E-state index < -0.39 is 23.5 Å². The van der Waals surface area contributed by atoms with Crippen LogP contribution in [0, 0.1) is 0 Å². The summed E-state index contributed by atoms with van der Waals surface area (Å²) in [5.41, 5.74) is 0. The molecule has 98 valence electrons. The van der Waals surface area contributed by atoms with Crippen LogP contribution >= 0.6 is 38.3 Å².